The summed E-state index contributed by atoms with van der Waals surface area (Å²) in [5, 5.41) is 10.7. The van der Waals surface area contributed by atoms with E-state index in [-0.39, 0.29) is 6.61 Å². The molecule has 0 aliphatic heterocycles. The van der Waals surface area contributed by atoms with Gasteiger partial charge in [0.25, 0.3) is 0 Å². The maximum absolute atomic E-state index is 9.46. The molecule has 0 bridgehead atoms. The van der Waals surface area contributed by atoms with Gasteiger partial charge in [0.05, 0.1) is 23.5 Å². The quantitative estimate of drug-likeness (QED) is 0.728. The number of nitrogens with zero attached hydrogens (tertiary/aromatic N) is 3. The zero-order valence-electron chi connectivity index (χ0n) is 12.7. The van der Waals surface area contributed by atoms with E-state index in [0.29, 0.717) is 16.6 Å². The molecule has 1 aromatic carbocycles. The van der Waals surface area contributed by atoms with Gasteiger partial charge in [0.1, 0.15) is 5.03 Å². The summed E-state index contributed by atoms with van der Waals surface area (Å²) in [7, 11) is 0. The van der Waals surface area contributed by atoms with Crippen LogP contribution in [-0.2, 0) is 13.2 Å². The van der Waals surface area contributed by atoms with Gasteiger partial charge in [-0.25, -0.2) is 4.98 Å². The van der Waals surface area contributed by atoms with E-state index in [1.807, 2.05) is 18.2 Å². The second-order valence-electron chi connectivity index (χ2n) is 4.97. The lowest BCUT2D eigenvalue weighted by molar-refractivity contribution is 0.278. The molecule has 5 nitrogen and oxygen atoms in total. The van der Waals surface area contributed by atoms with Crippen molar-refractivity contribution in [2.24, 2.45) is 5.73 Å². The number of benzene rings is 1. The normalized spacial score (nSPS) is 10.8. The van der Waals surface area contributed by atoms with Crippen molar-refractivity contribution in [1.29, 1.82) is 0 Å². The van der Waals surface area contributed by atoms with Crippen LogP contribution in [0.3, 0.4) is 0 Å². The van der Waals surface area contributed by atoms with E-state index in [9.17, 15) is 5.11 Å². The third kappa shape index (κ3) is 3.57. The molecule has 0 aliphatic rings. The number of hydrogen-bond donors (Lipinski definition) is 2. The van der Waals surface area contributed by atoms with Gasteiger partial charge in [0.15, 0.2) is 0 Å². The van der Waals surface area contributed by atoms with Crippen molar-refractivity contribution < 1.29 is 5.11 Å². The number of aliphatic hydroxyl groups is 1. The number of pyridine rings is 1. The van der Waals surface area contributed by atoms with Gasteiger partial charge in [-0.15, -0.1) is 0 Å². The highest BCUT2D eigenvalue weighted by molar-refractivity contribution is 7.99. The molecule has 2 heterocycles. The minimum absolute atomic E-state index is 0.0799. The van der Waals surface area contributed by atoms with Crippen LogP contribution in [0.15, 0.2) is 59.0 Å². The maximum Gasteiger partial charge on any atom is 0.106 e. The summed E-state index contributed by atoms with van der Waals surface area (Å²) in [6, 6.07) is 7.42. The van der Waals surface area contributed by atoms with E-state index in [1.54, 1.807) is 30.9 Å². The van der Waals surface area contributed by atoms with Gasteiger partial charge in [-0.05, 0) is 23.8 Å². The molecule has 122 valence electrons. The van der Waals surface area contributed by atoms with Crippen LogP contribution < -0.4 is 5.73 Å². The number of aromatic nitrogens is 3. The summed E-state index contributed by atoms with van der Waals surface area (Å²) in [6.45, 7) is 0.251. The largest absolute Gasteiger partial charge is 0.392 e. The van der Waals surface area contributed by atoms with Crippen molar-refractivity contribution in [2.45, 2.75) is 23.1 Å². The van der Waals surface area contributed by atoms with Crippen LogP contribution in [0.4, 0.5) is 0 Å². The zero-order valence-corrected chi connectivity index (χ0v) is 14.3. The maximum atomic E-state index is 9.46. The molecule has 0 unspecified atom stereocenters. The van der Waals surface area contributed by atoms with Gasteiger partial charge in [0.2, 0.25) is 0 Å². The molecule has 24 heavy (non-hydrogen) atoms. The van der Waals surface area contributed by atoms with Gasteiger partial charge >= 0.3 is 0 Å². The minimum atomic E-state index is -0.0799. The van der Waals surface area contributed by atoms with Gasteiger partial charge in [-0.3, -0.25) is 9.97 Å². The molecule has 0 saturated carbocycles. The molecule has 0 saturated heterocycles. The summed E-state index contributed by atoms with van der Waals surface area (Å²) < 4.78 is 0. The van der Waals surface area contributed by atoms with Crippen LogP contribution in [0, 0.1) is 0 Å². The Morgan fingerprint density at radius 3 is 2.71 bits per heavy atom. The average molecular weight is 359 g/mol. The summed E-state index contributed by atoms with van der Waals surface area (Å²) in [5.74, 6) is 0. The second-order valence-corrected chi connectivity index (χ2v) is 6.38. The zero-order chi connectivity index (χ0) is 16.9. The molecule has 3 rings (SSSR count). The molecule has 0 atom stereocenters. The Balaban J connectivity index is 2.02. The van der Waals surface area contributed by atoms with E-state index in [0.717, 1.165) is 27.3 Å². The van der Waals surface area contributed by atoms with Crippen LogP contribution in [0.5, 0.6) is 0 Å². The van der Waals surface area contributed by atoms with Crippen molar-refractivity contribution in [3.8, 4) is 11.3 Å². The number of hydrogen-bond acceptors (Lipinski definition) is 6. The fraction of sp³-hybridized carbons (Fsp3) is 0.118. The third-order valence-electron chi connectivity index (χ3n) is 3.42. The smallest absolute Gasteiger partial charge is 0.106 e. The lowest BCUT2D eigenvalue weighted by atomic mass is 10.1. The van der Waals surface area contributed by atoms with Crippen molar-refractivity contribution in [3.05, 3.63) is 65.2 Å². The number of rotatable bonds is 5. The SMILES string of the molecule is NCc1cc(-c2cnccn2)cc(Cl)c1Sc1ncccc1CO. The lowest BCUT2D eigenvalue weighted by Gasteiger charge is -2.13. The Bertz CT molecular complexity index is 845. The molecule has 0 amide bonds. The molecular formula is C17H15ClN4OS. The Kier molecular flexibility index (Phi) is 5.42. The van der Waals surface area contributed by atoms with Crippen LogP contribution in [-0.4, -0.2) is 20.1 Å². The summed E-state index contributed by atoms with van der Waals surface area (Å²) in [4.78, 5) is 13.5. The van der Waals surface area contributed by atoms with Crippen LogP contribution in [0.2, 0.25) is 5.02 Å². The second kappa shape index (κ2) is 7.72. The summed E-state index contributed by atoms with van der Waals surface area (Å²) in [5.41, 5.74) is 9.15. The van der Waals surface area contributed by atoms with E-state index in [1.165, 1.54) is 11.8 Å². The van der Waals surface area contributed by atoms with Crippen molar-refractivity contribution >= 4 is 23.4 Å². The first kappa shape index (κ1) is 16.9. The Morgan fingerprint density at radius 2 is 2.00 bits per heavy atom. The summed E-state index contributed by atoms with van der Waals surface area (Å²) >= 11 is 7.90. The molecule has 2 aromatic heterocycles. The monoisotopic (exact) mass is 358 g/mol. The Morgan fingerprint density at radius 1 is 1.12 bits per heavy atom. The number of aliphatic hydroxyl groups excluding tert-OH is 1. The van der Waals surface area contributed by atoms with Gasteiger partial charge in [-0.2, -0.15) is 0 Å². The average Bonchev–Trinajstić information content (AvgIpc) is 2.64. The molecule has 7 heteroatoms. The fourth-order valence-electron chi connectivity index (χ4n) is 2.25. The van der Waals surface area contributed by atoms with Gasteiger partial charge in [0, 0.05) is 41.2 Å². The Labute approximate surface area is 148 Å². The highest BCUT2D eigenvalue weighted by atomic mass is 35.5. The van der Waals surface area contributed by atoms with Crippen LogP contribution in [0.25, 0.3) is 11.3 Å². The first-order valence-electron chi connectivity index (χ1n) is 7.24. The van der Waals surface area contributed by atoms with Gasteiger partial charge in [-0.1, -0.05) is 29.4 Å². The number of halogens is 1. The molecule has 0 radical (unpaired) electrons. The highest BCUT2D eigenvalue weighted by Crippen LogP contribution is 2.39. The van der Waals surface area contributed by atoms with Crippen LogP contribution in [0.1, 0.15) is 11.1 Å². The molecule has 0 aliphatic carbocycles. The number of nitrogens with two attached hydrogens (primary N) is 1. The molecule has 3 aromatic rings. The Hall–Kier alpha value is -1.99. The van der Waals surface area contributed by atoms with Crippen molar-refractivity contribution in [2.75, 3.05) is 0 Å². The van der Waals surface area contributed by atoms with Gasteiger partial charge < -0.3 is 10.8 Å². The fourth-order valence-corrected chi connectivity index (χ4v) is 3.60. The van der Waals surface area contributed by atoms with E-state index >= 15 is 0 Å². The molecule has 0 spiro atoms. The predicted octanol–water partition coefficient (Wildman–Crippen LogP) is 3.29. The minimum Gasteiger partial charge on any atom is -0.392 e. The van der Waals surface area contributed by atoms with Crippen molar-refractivity contribution in [3.63, 3.8) is 0 Å². The van der Waals surface area contributed by atoms with E-state index in [2.05, 4.69) is 15.0 Å². The lowest BCUT2D eigenvalue weighted by Crippen LogP contribution is -2.01. The topological polar surface area (TPSA) is 84.9 Å². The van der Waals surface area contributed by atoms with Crippen molar-refractivity contribution in [1.82, 2.24) is 15.0 Å². The van der Waals surface area contributed by atoms with E-state index in [4.69, 9.17) is 17.3 Å². The third-order valence-corrected chi connectivity index (χ3v) is 5.08. The standard InChI is InChI=1S/C17H15ClN4OS/c18-14-7-12(15-9-20-4-5-21-15)6-13(8-19)16(14)24-17-11(10-23)2-1-3-22-17/h1-7,9,23H,8,10,19H2. The molecular weight excluding hydrogens is 344 g/mol. The molecule has 3 N–H and O–H groups in total. The predicted molar refractivity (Wildman–Crippen MR) is 94.7 cm³/mol. The first-order valence-corrected chi connectivity index (χ1v) is 8.44. The summed E-state index contributed by atoms with van der Waals surface area (Å²) in [6.07, 6.45) is 6.62. The van der Waals surface area contributed by atoms with E-state index < -0.39 is 0 Å². The molecule has 0 fully saturated rings. The highest BCUT2D eigenvalue weighted by Gasteiger charge is 2.14. The van der Waals surface area contributed by atoms with Crippen LogP contribution >= 0.6 is 23.4 Å². The first-order chi connectivity index (χ1) is 11.7.